The van der Waals surface area contributed by atoms with Crippen LogP contribution in [0.2, 0.25) is 0 Å². The highest BCUT2D eigenvalue weighted by molar-refractivity contribution is 9.10. The maximum absolute atomic E-state index is 12.5. The van der Waals surface area contributed by atoms with Crippen LogP contribution in [-0.4, -0.2) is 63.1 Å². The Morgan fingerprint density at radius 2 is 1.89 bits per heavy atom. The number of benzene rings is 1. The molecule has 0 spiro atoms. The van der Waals surface area contributed by atoms with Crippen LogP contribution in [-0.2, 0) is 6.54 Å². The van der Waals surface area contributed by atoms with Crippen molar-refractivity contribution in [2.45, 2.75) is 13.5 Å². The third-order valence-corrected chi connectivity index (χ3v) is 5.80. The van der Waals surface area contributed by atoms with Gasteiger partial charge in [0.05, 0.1) is 5.69 Å². The molecular weight excluding hydrogens is 420 g/mol. The predicted octanol–water partition coefficient (Wildman–Crippen LogP) is 3.35. The molecule has 1 fully saturated rings. The molecule has 0 saturated carbocycles. The lowest BCUT2D eigenvalue weighted by atomic mass is 10.3. The highest BCUT2D eigenvalue weighted by Crippen LogP contribution is 2.21. The monoisotopic (exact) mass is 442 g/mol. The van der Waals surface area contributed by atoms with Crippen LogP contribution >= 0.6 is 15.9 Å². The molecule has 0 radical (unpaired) electrons. The molecule has 2 aromatic heterocycles. The first-order chi connectivity index (χ1) is 13.6. The SMILES string of the molecule is Cc1nc2cccnc2n1CCN1CCN(C(=O)Nc2ccccc2Br)CC1. The van der Waals surface area contributed by atoms with E-state index in [2.05, 4.69) is 40.7 Å². The summed E-state index contributed by atoms with van der Waals surface area (Å²) in [6.07, 6.45) is 1.81. The average molecular weight is 443 g/mol. The maximum atomic E-state index is 12.5. The van der Waals surface area contributed by atoms with Gasteiger partial charge in [-0.25, -0.2) is 14.8 Å². The quantitative estimate of drug-likeness (QED) is 0.672. The molecule has 8 heteroatoms. The Hall–Kier alpha value is -2.45. The molecule has 1 saturated heterocycles. The topological polar surface area (TPSA) is 66.3 Å². The van der Waals surface area contributed by atoms with Gasteiger partial charge in [0, 0.05) is 49.9 Å². The fourth-order valence-corrected chi connectivity index (χ4v) is 3.90. The van der Waals surface area contributed by atoms with Crippen LogP contribution in [0.25, 0.3) is 11.2 Å². The number of fused-ring (bicyclic) bond motifs is 1. The number of piperazine rings is 1. The van der Waals surface area contributed by atoms with Crippen molar-refractivity contribution in [3.05, 3.63) is 52.9 Å². The predicted molar refractivity (Wildman–Crippen MR) is 113 cm³/mol. The molecule has 0 atom stereocenters. The van der Waals surface area contributed by atoms with Gasteiger partial charge in [-0.05, 0) is 47.1 Å². The summed E-state index contributed by atoms with van der Waals surface area (Å²) >= 11 is 3.47. The lowest BCUT2D eigenvalue weighted by Gasteiger charge is -2.34. The normalized spacial score (nSPS) is 15.1. The number of pyridine rings is 1. The number of urea groups is 1. The lowest BCUT2D eigenvalue weighted by Crippen LogP contribution is -2.50. The van der Waals surface area contributed by atoms with Crippen molar-refractivity contribution in [2.75, 3.05) is 38.0 Å². The van der Waals surface area contributed by atoms with E-state index >= 15 is 0 Å². The van der Waals surface area contributed by atoms with Crippen molar-refractivity contribution in [2.24, 2.45) is 0 Å². The number of imidazole rings is 1. The summed E-state index contributed by atoms with van der Waals surface area (Å²) in [4.78, 5) is 25.8. The number of hydrogen-bond acceptors (Lipinski definition) is 4. The number of anilines is 1. The number of para-hydroxylation sites is 1. The first kappa shape index (κ1) is 18.9. The van der Waals surface area contributed by atoms with Gasteiger partial charge in [-0.2, -0.15) is 0 Å². The van der Waals surface area contributed by atoms with Crippen molar-refractivity contribution in [3.8, 4) is 0 Å². The van der Waals surface area contributed by atoms with Crippen molar-refractivity contribution in [1.82, 2.24) is 24.3 Å². The van der Waals surface area contributed by atoms with Crippen LogP contribution in [0.1, 0.15) is 5.82 Å². The number of carbonyl (C=O) groups excluding carboxylic acids is 1. The van der Waals surface area contributed by atoms with E-state index in [1.54, 1.807) is 0 Å². The molecule has 1 N–H and O–H groups in total. The molecule has 0 aliphatic carbocycles. The Labute approximate surface area is 172 Å². The molecule has 3 heterocycles. The highest BCUT2D eigenvalue weighted by Gasteiger charge is 2.21. The van der Waals surface area contributed by atoms with Crippen molar-refractivity contribution >= 4 is 38.8 Å². The summed E-state index contributed by atoms with van der Waals surface area (Å²) in [7, 11) is 0. The van der Waals surface area contributed by atoms with Crippen molar-refractivity contribution in [3.63, 3.8) is 0 Å². The van der Waals surface area contributed by atoms with Crippen LogP contribution in [0.15, 0.2) is 47.1 Å². The second-order valence-electron chi connectivity index (χ2n) is 6.90. The smallest absolute Gasteiger partial charge is 0.321 e. The van der Waals surface area contributed by atoms with Crippen LogP contribution < -0.4 is 5.32 Å². The highest BCUT2D eigenvalue weighted by atomic mass is 79.9. The lowest BCUT2D eigenvalue weighted by molar-refractivity contribution is 0.144. The summed E-state index contributed by atoms with van der Waals surface area (Å²) in [6.45, 7) is 6.96. The molecular formula is C20H23BrN6O. The fourth-order valence-electron chi connectivity index (χ4n) is 3.51. The summed E-state index contributed by atoms with van der Waals surface area (Å²) in [5.74, 6) is 0.986. The first-order valence-corrected chi connectivity index (χ1v) is 10.2. The molecule has 28 heavy (non-hydrogen) atoms. The Morgan fingerprint density at radius 3 is 2.68 bits per heavy atom. The number of nitrogens with one attached hydrogen (secondary N) is 1. The summed E-state index contributed by atoms with van der Waals surface area (Å²) in [5.41, 5.74) is 2.67. The molecule has 2 amide bonds. The molecule has 4 rings (SSSR count). The molecule has 0 unspecified atom stereocenters. The summed E-state index contributed by atoms with van der Waals surface area (Å²) < 4.78 is 3.06. The van der Waals surface area contributed by atoms with Gasteiger partial charge in [0.15, 0.2) is 5.65 Å². The zero-order valence-corrected chi connectivity index (χ0v) is 17.4. The second-order valence-corrected chi connectivity index (χ2v) is 7.75. The number of aryl methyl sites for hydroxylation is 1. The second kappa shape index (κ2) is 8.28. The zero-order valence-electron chi connectivity index (χ0n) is 15.8. The van der Waals surface area contributed by atoms with E-state index < -0.39 is 0 Å². The van der Waals surface area contributed by atoms with E-state index in [1.807, 2.05) is 54.4 Å². The number of carbonyl (C=O) groups is 1. The van der Waals surface area contributed by atoms with E-state index in [4.69, 9.17) is 0 Å². The summed E-state index contributed by atoms with van der Waals surface area (Å²) in [6, 6.07) is 11.5. The minimum atomic E-state index is -0.0489. The van der Waals surface area contributed by atoms with Gasteiger partial charge >= 0.3 is 6.03 Å². The zero-order chi connectivity index (χ0) is 19.5. The van der Waals surface area contributed by atoms with E-state index in [9.17, 15) is 4.79 Å². The van der Waals surface area contributed by atoms with Gasteiger partial charge in [0.1, 0.15) is 11.3 Å². The number of nitrogens with zero attached hydrogens (tertiary/aromatic N) is 5. The van der Waals surface area contributed by atoms with Crippen LogP contribution in [0.4, 0.5) is 10.5 Å². The largest absolute Gasteiger partial charge is 0.322 e. The molecule has 1 aliphatic rings. The molecule has 0 bridgehead atoms. The number of halogens is 1. The Kier molecular flexibility index (Phi) is 5.59. The molecule has 146 valence electrons. The minimum absolute atomic E-state index is 0.0489. The first-order valence-electron chi connectivity index (χ1n) is 9.42. The minimum Gasteiger partial charge on any atom is -0.322 e. The number of amides is 2. The van der Waals surface area contributed by atoms with E-state index in [0.717, 1.165) is 66.4 Å². The average Bonchev–Trinajstić information content (AvgIpc) is 3.03. The molecule has 3 aromatic rings. The van der Waals surface area contributed by atoms with Crippen molar-refractivity contribution in [1.29, 1.82) is 0 Å². The van der Waals surface area contributed by atoms with Gasteiger partial charge < -0.3 is 14.8 Å². The Bertz CT molecular complexity index is 980. The van der Waals surface area contributed by atoms with Gasteiger partial charge in [0.25, 0.3) is 0 Å². The molecule has 1 aromatic carbocycles. The fraction of sp³-hybridized carbons (Fsp3) is 0.350. The van der Waals surface area contributed by atoms with Crippen LogP contribution in [0.3, 0.4) is 0 Å². The number of aromatic nitrogens is 3. The van der Waals surface area contributed by atoms with E-state index in [-0.39, 0.29) is 6.03 Å². The van der Waals surface area contributed by atoms with Gasteiger partial charge in [-0.15, -0.1) is 0 Å². The van der Waals surface area contributed by atoms with Crippen LogP contribution in [0.5, 0.6) is 0 Å². The maximum Gasteiger partial charge on any atom is 0.321 e. The van der Waals surface area contributed by atoms with Gasteiger partial charge in [-0.3, -0.25) is 4.90 Å². The Balaban J connectivity index is 1.30. The third-order valence-electron chi connectivity index (χ3n) is 5.11. The van der Waals surface area contributed by atoms with E-state index in [1.165, 1.54) is 0 Å². The molecule has 1 aliphatic heterocycles. The Morgan fingerprint density at radius 1 is 1.11 bits per heavy atom. The van der Waals surface area contributed by atoms with Gasteiger partial charge in [-0.1, -0.05) is 12.1 Å². The molecule has 7 nitrogen and oxygen atoms in total. The summed E-state index contributed by atoms with van der Waals surface area (Å²) in [5, 5.41) is 2.98. The third kappa shape index (κ3) is 4.02. The van der Waals surface area contributed by atoms with Gasteiger partial charge in [0.2, 0.25) is 0 Å². The number of rotatable bonds is 4. The van der Waals surface area contributed by atoms with E-state index in [0.29, 0.717) is 0 Å². The number of hydrogen-bond donors (Lipinski definition) is 1. The van der Waals surface area contributed by atoms with Crippen molar-refractivity contribution < 1.29 is 4.79 Å². The van der Waals surface area contributed by atoms with Crippen LogP contribution in [0, 0.1) is 6.92 Å². The standard InChI is InChI=1S/C20H23BrN6O/c1-15-23-18-7-4-8-22-19(18)27(15)14-11-25-9-12-26(13-10-25)20(28)24-17-6-3-2-5-16(17)21/h2-8H,9-14H2,1H3,(H,24,28).